The van der Waals surface area contributed by atoms with Crippen molar-refractivity contribution in [2.24, 2.45) is 0 Å². The molecule has 0 saturated heterocycles. The van der Waals surface area contributed by atoms with E-state index in [1.54, 1.807) is 0 Å². The van der Waals surface area contributed by atoms with Crippen LogP contribution in [0.4, 0.5) is 22.7 Å². The van der Waals surface area contributed by atoms with Crippen LogP contribution in [-0.4, -0.2) is 19.6 Å². The van der Waals surface area contributed by atoms with Crippen LogP contribution < -0.4 is 22.9 Å². The summed E-state index contributed by atoms with van der Waals surface area (Å²) in [5, 5.41) is 0. The van der Waals surface area contributed by atoms with Crippen molar-refractivity contribution in [3.63, 3.8) is 0 Å². The maximum atomic E-state index is 9.63. The fraction of sp³-hybridized carbons (Fsp3) is 0. The Bertz CT molecular complexity index is 1010. The molecular weight excluding hydrogens is 518 g/mol. The highest BCUT2D eigenvalue weighted by molar-refractivity contribution is 7.60. The summed E-state index contributed by atoms with van der Waals surface area (Å²) in [5.74, 6) is 0. The van der Waals surface area contributed by atoms with E-state index in [4.69, 9.17) is 42.5 Å². The molecule has 0 heterocycles. The highest BCUT2D eigenvalue weighted by atomic mass is 31.3. The second-order valence-corrected chi connectivity index (χ2v) is 9.32. The Hall–Kier alpha value is -3.66. The largest absolute Gasteiger partial charge is 0.478 e. The Kier molecular flexibility index (Phi) is 16.7. The van der Waals surface area contributed by atoms with Gasteiger partial charge >= 0.3 is 15.6 Å². The van der Waals surface area contributed by atoms with E-state index in [0.717, 1.165) is 22.7 Å². The number of nitrogens with two attached hydrogens (primary N) is 4. The molecule has 0 unspecified atom stereocenters. The van der Waals surface area contributed by atoms with Crippen molar-refractivity contribution < 1.29 is 33.0 Å². The first-order valence-corrected chi connectivity index (χ1v) is 13.4. The lowest BCUT2D eigenvalue weighted by molar-refractivity contribution is 0.225. The lowest BCUT2D eigenvalue weighted by atomic mass is 10.3. The van der Waals surface area contributed by atoms with Crippen molar-refractivity contribution in [1.82, 2.24) is 0 Å². The Morgan fingerprint density at radius 3 is 0.622 bits per heavy atom. The Morgan fingerprint density at radius 2 is 0.568 bits per heavy atom. The van der Waals surface area contributed by atoms with E-state index in [-0.39, 0.29) is 0 Å². The SMILES string of the molecule is Nc1ccccc1.Nc1ccccc1.Nc1ccccc1.Nc1ccccc1.O=P(O)(O)OP(=O)(O)O. The molecule has 4 aromatic rings. The highest BCUT2D eigenvalue weighted by Gasteiger charge is 2.27. The average molecular weight is 550 g/mol. The number of nitrogen functional groups attached to an aromatic ring is 4. The minimum Gasteiger partial charge on any atom is -0.399 e. The molecule has 0 aliphatic carbocycles. The number of rotatable bonds is 2. The van der Waals surface area contributed by atoms with Gasteiger partial charge in [0.15, 0.2) is 0 Å². The Balaban J connectivity index is 0.000000439. The van der Waals surface area contributed by atoms with E-state index in [2.05, 4.69) is 4.31 Å². The Labute approximate surface area is 215 Å². The molecule has 0 radical (unpaired) electrons. The smallest absolute Gasteiger partial charge is 0.399 e. The predicted octanol–water partition coefficient (Wildman–Crippen LogP) is 4.26. The molecule has 12 N–H and O–H groups in total. The van der Waals surface area contributed by atoms with Crippen molar-refractivity contribution in [3.8, 4) is 0 Å². The molecule has 0 amide bonds. The van der Waals surface area contributed by atoms with Gasteiger partial charge in [0.1, 0.15) is 0 Å². The summed E-state index contributed by atoms with van der Waals surface area (Å²) in [6.45, 7) is 0. The van der Waals surface area contributed by atoms with Crippen LogP contribution in [0.2, 0.25) is 0 Å². The van der Waals surface area contributed by atoms with Gasteiger partial charge in [0.25, 0.3) is 0 Å². The number of hydrogen-bond acceptors (Lipinski definition) is 7. The van der Waals surface area contributed by atoms with Crippen LogP contribution in [0.3, 0.4) is 0 Å². The topological polar surface area (TPSA) is 228 Å². The maximum absolute atomic E-state index is 9.63. The third-order valence-electron chi connectivity index (χ3n) is 3.41. The van der Waals surface area contributed by atoms with E-state index in [0.29, 0.717) is 0 Å². The van der Waals surface area contributed by atoms with E-state index >= 15 is 0 Å². The molecular formula is C24H32N4O7P2. The molecule has 37 heavy (non-hydrogen) atoms. The van der Waals surface area contributed by atoms with Crippen LogP contribution in [0.1, 0.15) is 0 Å². The van der Waals surface area contributed by atoms with Crippen LogP contribution >= 0.6 is 15.6 Å². The first-order chi connectivity index (χ1) is 17.3. The van der Waals surface area contributed by atoms with Crippen molar-refractivity contribution in [1.29, 1.82) is 0 Å². The molecule has 0 aromatic heterocycles. The van der Waals surface area contributed by atoms with Gasteiger partial charge in [0.05, 0.1) is 0 Å². The number of hydrogen-bond donors (Lipinski definition) is 8. The number of anilines is 4. The van der Waals surface area contributed by atoms with Gasteiger partial charge in [-0.25, -0.2) is 9.13 Å². The molecule has 0 atom stereocenters. The van der Waals surface area contributed by atoms with Gasteiger partial charge in [0, 0.05) is 22.7 Å². The first kappa shape index (κ1) is 33.3. The fourth-order valence-corrected chi connectivity index (χ4v) is 3.06. The molecule has 0 aliphatic heterocycles. The van der Waals surface area contributed by atoms with Crippen LogP contribution in [0, 0.1) is 0 Å². The molecule has 0 aliphatic rings. The summed E-state index contributed by atoms with van der Waals surface area (Å²) in [6.07, 6.45) is 0. The summed E-state index contributed by atoms with van der Waals surface area (Å²) < 4.78 is 22.2. The van der Waals surface area contributed by atoms with E-state index in [9.17, 15) is 9.13 Å². The van der Waals surface area contributed by atoms with Gasteiger partial charge in [-0.1, -0.05) is 72.8 Å². The molecule has 0 fully saturated rings. The van der Waals surface area contributed by atoms with Gasteiger partial charge in [-0.15, -0.1) is 0 Å². The number of phosphoric acid groups is 2. The van der Waals surface area contributed by atoms with Gasteiger partial charge in [-0.3, -0.25) is 0 Å². The van der Waals surface area contributed by atoms with Crippen LogP contribution in [0.25, 0.3) is 0 Å². The van der Waals surface area contributed by atoms with Gasteiger partial charge in [0.2, 0.25) is 0 Å². The van der Waals surface area contributed by atoms with E-state index in [1.165, 1.54) is 0 Å². The minimum absolute atomic E-state index is 0.822. The second-order valence-electron chi connectivity index (χ2n) is 6.71. The van der Waals surface area contributed by atoms with Gasteiger partial charge < -0.3 is 42.5 Å². The van der Waals surface area contributed by atoms with Crippen molar-refractivity contribution >= 4 is 38.4 Å². The van der Waals surface area contributed by atoms with Gasteiger partial charge in [-0.05, 0) is 48.5 Å². The van der Waals surface area contributed by atoms with E-state index in [1.807, 2.05) is 121 Å². The number of para-hydroxylation sites is 4. The normalized spacial score (nSPS) is 9.84. The van der Waals surface area contributed by atoms with Gasteiger partial charge in [-0.2, -0.15) is 4.31 Å². The first-order valence-electron chi connectivity index (χ1n) is 10.3. The Morgan fingerprint density at radius 1 is 0.405 bits per heavy atom. The quantitative estimate of drug-likeness (QED) is 0.130. The molecule has 11 nitrogen and oxygen atoms in total. The maximum Gasteiger partial charge on any atom is 0.478 e. The van der Waals surface area contributed by atoms with Crippen molar-refractivity contribution in [2.75, 3.05) is 22.9 Å². The van der Waals surface area contributed by atoms with E-state index < -0.39 is 15.6 Å². The third-order valence-corrected chi connectivity index (χ3v) is 5.11. The zero-order valence-electron chi connectivity index (χ0n) is 19.8. The lowest BCUT2D eigenvalue weighted by Crippen LogP contribution is -1.84. The zero-order chi connectivity index (χ0) is 28.2. The molecule has 4 aromatic carbocycles. The lowest BCUT2D eigenvalue weighted by Gasteiger charge is -2.03. The monoisotopic (exact) mass is 550 g/mol. The van der Waals surface area contributed by atoms with Crippen LogP contribution in [0.5, 0.6) is 0 Å². The van der Waals surface area contributed by atoms with Crippen molar-refractivity contribution in [3.05, 3.63) is 121 Å². The molecule has 0 saturated carbocycles. The third kappa shape index (κ3) is 25.2. The van der Waals surface area contributed by atoms with Crippen molar-refractivity contribution in [2.45, 2.75) is 0 Å². The highest BCUT2D eigenvalue weighted by Crippen LogP contribution is 2.53. The van der Waals surface area contributed by atoms with Crippen LogP contribution in [-0.2, 0) is 13.4 Å². The summed E-state index contributed by atoms with van der Waals surface area (Å²) >= 11 is 0. The summed E-state index contributed by atoms with van der Waals surface area (Å²) in [5.41, 5.74) is 24.7. The summed E-state index contributed by atoms with van der Waals surface area (Å²) in [6, 6.07) is 37.9. The summed E-state index contributed by atoms with van der Waals surface area (Å²) in [4.78, 5) is 31.0. The molecule has 200 valence electrons. The molecule has 13 heteroatoms. The number of benzene rings is 4. The summed E-state index contributed by atoms with van der Waals surface area (Å²) in [7, 11) is -10.1. The van der Waals surface area contributed by atoms with Crippen LogP contribution in [0.15, 0.2) is 121 Å². The fourth-order valence-electron chi connectivity index (χ4n) is 1.95. The minimum atomic E-state index is -5.05. The second kappa shape index (κ2) is 18.6. The molecule has 4 rings (SSSR count). The molecule has 0 spiro atoms. The predicted molar refractivity (Wildman–Crippen MR) is 149 cm³/mol. The standard InChI is InChI=1S/4C6H7N.H4O7P2/c4*7-6-4-2-1-3-5-6;1-8(2,3)7-9(4,5)6/h4*1-5H,7H2;(H2,1,2,3)(H2,4,5,6). The average Bonchev–Trinajstić information content (AvgIpc) is 2.81. The zero-order valence-corrected chi connectivity index (χ0v) is 21.6. The molecule has 0 bridgehead atoms.